The van der Waals surface area contributed by atoms with E-state index in [2.05, 4.69) is 75.4 Å². The van der Waals surface area contributed by atoms with Gasteiger partial charge in [-0.25, -0.2) is 0 Å². The van der Waals surface area contributed by atoms with Crippen LogP contribution in [0.4, 0.5) is 0 Å². The Kier molecular flexibility index (Phi) is 3.40. The molecule has 1 aromatic heterocycles. The Bertz CT molecular complexity index is 818. The molecule has 1 heterocycles. The molecule has 1 aliphatic carbocycles. The molecule has 0 nitrogen and oxygen atoms in total. The van der Waals surface area contributed by atoms with Crippen LogP contribution in [-0.4, -0.2) is 0 Å². The van der Waals surface area contributed by atoms with Crippen molar-refractivity contribution >= 4 is 22.9 Å². The maximum Gasteiger partial charge on any atom is 0.0941 e. The molecule has 1 atom stereocenters. The van der Waals surface area contributed by atoms with Gasteiger partial charge < -0.3 is 0 Å². The zero-order valence-corrected chi connectivity index (χ0v) is 15.1. The van der Waals surface area contributed by atoms with E-state index in [0.29, 0.717) is 5.92 Å². The molecule has 1 unspecified atom stereocenters. The van der Waals surface area contributed by atoms with Gasteiger partial charge in [0.2, 0.25) is 0 Å². The Labute approximate surface area is 146 Å². The van der Waals surface area contributed by atoms with Crippen molar-refractivity contribution in [1.29, 1.82) is 0 Å². The fraction of sp³-hybridized carbons (Fsp3) is 0.238. The molecule has 3 aromatic rings. The highest BCUT2D eigenvalue weighted by Gasteiger charge is 2.35. The standard InChI is InChI=1S/C21H19ClS/c1-21(2,3)19-14-9-5-4-8-13(14)17-12-18(22)23-20(17)16-11-7-6-10-15(16)19/h4-12,19H,1-3H3. The maximum atomic E-state index is 6.38. The number of thiophene rings is 1. The lowest BCUT2D eigenvalue weighted by molar-refractivity contribution is 0.360. The van der Waals surface area contributed by atoms with Gasteiger partial charge in [0.15, 0.2) is 0 Å². The van der Waals surface area contributed by atoms with Gasteiger partial charge in [-0.15, -0.1) is 11.3 Å². The molecule has 0 radical (unpaired) electrons. The average Bonchev–Trinajstić information content (AvgIpc) is 2.84. The molecule has 0 aliphatic heterocycles. The summed E-state index contributed by atoms with van der Waals surface area (Å²) >= 11 is 8.07. The summed E-state index contributed by atoms with van der Waals surface area (Å²) in [5.74, 6) is 0.369. The smallest absolute Gasteiger partial charge is 0.0941 e. The van der Waals surface area contributed by atoms with Gasteiger partial charge in [0.05, 0.1) is 4.34 Å². The quantitative estimate of drug-likeness (QED) is 0.405. The summed E-state index contributed by atoms with van der Waals surface area (Å²) in [5.41, 5.74) is 6.88. The highest BCUT2D eigenvalue weighted by atomic mass is 35.5. The van der Waals surface area contributed by atoms with Gasteiger partial charge in [-0.2, -0.15) is 0 Å². The van der Waals surface area contributed by atoms with E-state index in [1.807, 2.05) is 0 Å². The predicted molar refractivity (Wildman–Crippen MR) is 101 cm³/mol. The van der Waals surface area contributed by atoms with Crippen LogP contribution in [0.5, 0.6) is 0 Å². The first-order valence-corrected chi connectivity index (χ1v) is 9.14. The Morgan fingerprint density at radius 2 is 1.39 bits per heavy atom. The Morgan fingerprint density at radius 3 is 2.04 bits per heavy atom. The second-order valence-corrected chi connectivity index (χ2v) is 8.95. The van der Waals surface area contributed by atoms with Crippen LogP contribution >= 0.6 is 22.9 Å². The first-order valence-electron chi connectivity index (χ1n) is 7.95. The van der Waals surface area contributed by atoms with Crippen molar-refractivity contribution in [3.63, 3.8) is 0 Å². The van der Waals surface area contributed by atoms with E-state index < -0.39 is 0 Å². The molecule has 2 heteroatoms. The first-order chi connectivity index (χ1) is 11.0. The molecule has 116 valence electrons. The third-order valence-corrected chi connectivity index (χ3v) is 5.94. The zero-order chi connectivity index (χ0) is 16.2. The Morgan fingerprint density at radius 1 is 0.826 bits per heavy atom. The molecule has 23 heavy (non-hydrogen) atoms. The summed E-state index contributed by atoms with van der Waals surface area (Å²) in [6, 6.07) is 19.7. The van der Waals surface area contributed by atoms with E-state index in [9.17, 15) is 0 Å². The van der Waals surface area contributed by atoms with Crippen molar-refractivity contribution in [2.24, 2.45) is 5.41 Å². The Balaban J connectivity index is 2.16. The van der Waals surface area contributed by atoms with Crippen LogP contribution in [0.25, 0.3) is 21.6 Å². The fourth-order valence-electron chi connectivity index (χ4n) is 3.81. The van der Waals surface area contributed by atoms with Gasteiger partial charge >= 0.3 is 0 Å². The number of rotatable bonds is 0. The summed E-state index contributed by atoms with van der Waals surface area (Å²) < 4.78 is 0.855. The van der Waals surface area contributed by atoms with Gasteiger partial charge in [0.1, 0.15) is 0 Å². The second-order valence-electron chi connectivity index (χ2n) is 7.27. The van der Waals surface area contributed by atoms with E-state index in [-0.39, 0.29) is 5.41 Å². The Hall–Kier alpha value is -1.57. The molecule has 0 spiro atoms. The molecule has 0 amide bonds. The third kappa shape index (κ3) is 2.34. The van der Waals surface area contributed by atoms with Crippen LogP contribution in [0.2, 0.25) is 4.34 Å². The van der Waals surface area contributed by atoms with Gasteiger partial charge in [-0.05, 0) is 33.7 Å². The van der Waals surface area contributed by atoms with Crippen LogP contribution in [0.3, 0.4) is 0 Å². The topological polar surface area (TPSA) is 0 Å². The summed E-state index contributed by atoms with van der Waals surface area (Å²) in [7, 11) is 0. The predicted octanol–water partition coefficient (Wildman–Crippen LogP) is 7.23. The van der Waals surface area contributed by atoms with Crippen molar-refractivity contribution in [3.05, 3.63) is 70.1 Å². The molecule has 2 aromatic carbocycles. The molecule has 0 fully saturated rings. The molecule has 0 saturated carbocycles. The van der Waals surface area contributed by atoms with Gasteiger partial charge in [0.25, 0.3) is 0 Å². The molecular formula is C21H19ClS. The van der Waals surface area contributed by atoms with Crippen molar-refractivity contribution in [1.82, 2.24) is 0 Å². The summed E-state index contributed by atoms with van der Waals surface area (Å²) in [6.07, 6.45) is 0. The number of halogens is 1. The minimum atomic E-state index is 0.143. The fourth-order valence-corrected chi connectivity index (χ4v) is 5.10. The second kappa shape index (κ2) is 5.22. The number of hydrogen-bond acceptors (Lipinski definition) is 1. The van der Waals surface area contributed by atoms with E-state index in [1.165, 1.54) is 32.7 Å². The summed E-state index contributed by atoms with van der Waals surface area (Å²) in [6.45, 7) is 6.99. The van der Waals surface area contributed by atoms with Crippen molar-refractivity contribution in [2.45, 2.75) is 26.7 Å². The van der Waals surface area contributed by atoms with Crippen LogP contribution in [-0.2, 0) is 0 Å². The third-order valence-electron chi connectivity index (χ3n) is 4.65. The molecule has 1 aliphatic rings. The molecule has 0 bridgehead atoms. The zero-order valence-electron chi connectivity index (χ0n) is 13.6. The SMILES string of the molecule is CC(C)(C)C1c2ccccc2-c2cc(Cl)sc2-c2ccccc21. The molecular weight excluding hydrogens is 320 g/mol. The van der Waals surface area contributed by atoms with E-state index >= 15 is 0 Å². The lowest BCUT2D eigenvalue weighted by atomic mass is 9.71. The summed E-state index contributed by atoms with van der Waals surface area (Å²) in [5, 5.41) is 0. The highest BCUT2D eigenvalue weighted by molar-refractivity contribution is 7.20. The van der Waals surface area contributed by atoms with Crippen LogP contribution in [0.1, 0.15) is 37.8 Å². The van der Waals surface area contributed by atoms with E-state index in [1.54, 1.807) is 11.3 Å². The van der Waals surface area contributed by atoms with Crippen molar-refractivity contribution in [3.8, 4) is 21.6 Å². The normalized spacial score (nSPS) is 16.3. The molecule has 4 rings (SSSR count). The van der Waals surface area contributed by atoms with Gasteiger partial charge in [-0.1, -0.05) is 80.9 Å². The molecule has 0 saturated heterocycles. The number of fused-ring (bicyclic) bond motifs is 5. The molecule has 0 N–H and O–H groups in total. The van der Waals surface area contributed by atoms with Gasteiger partial charge in [0, 0.05) is 16.4 Å². The van der Waals surface area contributed by atoms with Crippen LogP contribution in [0.15, 0.2) is 54.6 Å². The first kappa shape index (κ1) is 15.0. The minimum absolute atomic E-state index is 0.143. The van der Waals surface area contributed by atoms with Crippen molar-refractivity contribution < 1.29 is 0 Å². The monoisotopic (exact) mass is 338 g/mol. The van der Waals surface area contributed by atoms with E-state index in [4.69, 9.17) is 11.6 Å². The van der Waals surface area contributed by atoms with Crippen LogP contribution < -0.4 is 0 Å². The average molecular weight is 339 g/mol. The highest BCUT2D eigenvalue weighted by Crippen LogP contribution is 2.54. The lowest BCUT2D eigenvalue weighted by Crippen LogP contribution is -2.20. The van der Waals surface area contributed by atoms with E-state index in [0.717, 1.165) is 4.34 Å². The minimum Gasteiger partial charge on any atom is -0.123 e. The number of benzene rings is 2. The van der Waals surface area contributed by atoms with Crippen molar-refractivity contribution in [2.75, 3.05) is 0 Å². The van der Waals surface area contributed by atoms with Gasteiger partial charge in [-0.3, -0.25) is 0 Å². The summed E-state index contributed by atoms with van der Waals surface area (Å²) in [4.78, 5) is 1.30. The van der Waals surface area contributed by atoms with Crippen LogP contribution in [0, 0.1) is 5.41 Å². The largest absolute Gasteiger partial charge is 0.123 e. The number of hydrogen-bond donors (Lipinski definition) is 0. The maximum absolute atomic E-state index is 6.38. The lowest BCUT2D eigenvalue weighted by Gasteiger charge is -2.33.